The van der Waals surface area contributed by atoms with E-state index in [0.29, 0.717) is 12.5 Å². The molecule has 1 aliphatic rings. The zero-order valence-corrected chi connectivity index (χ0v) is 17.2. The molecule has 0 bridgehead atoms. The molecule has 136 valence electrons. The van der Waals surface area contributed by atoms with Crippen LogP contribution in [0.4, 0.5) is 0 Å². The van der Waals surface area contributed by atoms with Crippen molar-refractivity contribution >= 4 is 35.8 Å². The van der Waals surface area contributed by atoms with Crippen LogP contribution in [0.1, 0.15) is 45.1 Å². The molecule has 24 heavy (non-hydrogen) atoms. The SMILES string of the molecule is CCNC(=NCc1cc(C(C)C)no1)N1CCN(C(C)=O)CC1.I. The Bertz CT molecular complexity index is 550. The van der Waals surface area contributed by atoms with Gasteiger partial charge in [0.05, 0.1) is 5.69 Å². The van der Waals surface area contributed by atoms with Crippen LogP contribution in [0.25, 0.3) is 0 Å². The molecule has 0 saturated carbocycles. The fourth-order valence-corrected chi connectivity index (χ4v) is 2.49. The van der Waals surface area contributed by atoms with Crippen LogP contribution < -0.4 is 5.32 Å². The summed E-state index contributed by atoms with van der Waals surface area (Å²) in [5, 5.41) is 7.37. The van der Waals surface area contributed by atoms with Crippen LogP contribution >= 0.6 is 24.0 Å². The van der Waals surface area contributed by atoms with E-state index in [1.165, 1.54) is 0 Å². The molecule has 8 heteroatoms. The van der Waals surface area contributed by atoms with Gasteiger partial charge in [0.15, 0.2) is 11.7 Å². The fourth-order valence-electron chi connectivity index (χ4n) is 2.49. The number of aliphatic imine (C=N–C) groups is 1. The molecular weight excluding hydrogens is 421 g/mol. The van der Waals surface area contributed by atoms with Crippen LogP contribution in [0.3, 0.4) is 0 Å². The predicted octanol–water partition coefficient (Wildman–Crippen LogP) is 2.05. The van der Waals surface area contributed by atoms with Crippen LogP contribution in [0.15, 0.2) is 15.6 Å². The molecule has 7 nitrogen and oxygen atoms in total. The van der Waals surface area contributed by atoms with Crippen molar-refractivity contribution in [3.8, 4) is 0 Å². The van der Waals surface area contributed by atoms with Gasteiger partial charge in [-0.05, 0) is 12.8 Å². The van der Waals surface area contributed by atoms with E-state index in [9.17, 15) is 4.79 Å². The number of carbonyl (C=O) groups is 1. The maximum atomic E-state index is 11.4. The minimum Gasteiger partial charge on any atom is -0.359 e. The molecule has 1 fully saturated rings. The average molecular weight is 449 g/mol. The van der Waals surface area contributed by atoms with Gasteiger partial charge in [-0.2, -0.15) is 0 Å². The van der Waals surface area contributed by atoms with Crippen LogP contribution in [0.2, 0.25) is 0 Å². The van der Waals surface area contributed by atoms with Gasteiger partial charge in [-0.1, -0.05) is 19.0 Å². The van der Waals surface area contributed by atoms with E-state index in [4.69, 9.17) is 4.52 Å². The predicted molar refractivity (Wildman–Crippen MR) is 105 cm³/mol. The largest absolute Gasteiger partial charge is 0.359 e. The van der Waals surface area contributed by atoms with E-state index < -0.39 is 0 Å². The number of hydrogen-bond acceptors (Lipinski definition) is 4. The zero-order chi connectivity index (χ0) is 16.8. The summed E-state index contributed by atoms with van der Waals surface area (Å²) in [6, 6.07) is 1.96. The highest BCUT2D eigenvalue weighted by atomic mass is 127. The number of halogens is 1. The Labute approximate surface area is 160 Å². The lowest BCUT2D eigenvalue weighted by atomic mass is 10.1. The summed E-state index contributed by atoms with van der Waals surface area (Å²) >= 11 is 0. The van der Waals surface area contributed by atoms with Gasteiger partial charge < -0.3 is 19.6 Å². The van der Waals surface area contributed by atoms with Gasteiger partial charge in [0.2, 0.25) is 5.91 Å². The second-order valence-corrected chi connectivity index (χ2v) is 6.04. The summed E-state index contributed by atoms with van der Waals surface area (Å²) < 4.78 is 5.33. The first-order chi connectivity index (χ1) is 11.0. The first kappa shape index (κ1) is 20.7. The van der Waals surface area contributed by atoms with Crippen LogP contribution in [0.5, 0.6) is 0 Å². The monoisotopic (exact) mass is 449 g/mol. The van der Waals surface area contributed by atoms with Gasteiger partial charge in [-0.3, -0.25) is 4.79 Å². The second kappa shape index (κ2) is 9.85. The maximum Gasteiger partial charge on any atom is 0.219 e. The van der Waals surface area contributed by atoms with Crippen LogP contribution in [0, 0.1) is 0 Å². The smallest absolute Gasteiger partial charge is 0.219 e. The van der Waals surface area contributed by atoms with E-state index in [1.807, 2.05) is 17.9 Å². The Balaban J connectivity index is 0.00000288. The third kappa shape index (κ3) is 5.64. The molecule has 0 aromatic carbocycles. The quantitative estimate of drug-likeness (QED) is 0.433. The molecule has 1 aliphatic heterocycles. The molecule has 1 aromatic rings. The standard InChI is InChI=1S/C16H27N5O2.HI/c1-5-17-16(21-8-6-20(7-9-21)13(4)22)18-11-14-10-15(12(2)3)19-23-14;/h10,12H,5-9,11H2,1-4H3,(H,17,18);1H. The van der Waals surface area contributed by atoms with Crippen molar-refractivity contribution in [2.24, 2.45) is 4.99 Å². The Morgan fingerprint density at radius 1 is 1.33 bits per heavy atom. The normalized spacial score (nSPS) is 15.5. The number of piperazine rings is 1. The van der Waals surface area contributed by atoms with Crippen molar-refractivity contribution in [1.29, 1.82) is 0 Å². The maximum absolute atomic E-state index is 11.4. The van der Waals surface area contributed by atoms with Crippen molar-refractivity contribution in [3.63, 3.8) is 0 Å². The summed E-state index contributed by atoms with van der Waals surface area (Å²) in [6.07, 6.45) is 0. The van der Waals surface area contributed by atoms with Crippen molar-refractivity contribution in [1.82, 2.24) is 20.3 Å². The first-order valence-corrected chi connectivity index (χ1v) is 8.25. The van der Waals surface area contributed by atoms with E-state index >= 15 is 0 Å². The zero-order valence-electron chi connectivity index (χ0n) is 14.9. The number of nitrogens with one attached hydrogen (secondary N) is 1. The second-order valence-electron chi connectivity index (χ2n) is 6.04. The molecule has 1 aromatic heterocycles. The summed E-state index contributed by atoms with van der Waals surface area (Å²) in [7, 11) is 0. The van der Waals surface area contributed by atoms with Gasteiger partial charge in [0, 0.05) is 45.7 Å². The van der Waals surface area contributed by atoms with E-state index in [0.717, 1.165) is 50.1 Å². The lowest BCUT2D eigenvalue weighted by molar-refractivity contribution is -0.130. The average Bonchev–Trinajstić information content (AvgIpc) is 3.01. The molecule has 0 spiro atoms. The summed E-state index contributed by atoms with van der Waals surface area (Å²) in [5.74, 6) is 2.11. The number of guanidine groups is 1. The van der Waals surface area contributed by atoms with Crippen molar-refractivity contribution in [2.45, 2.75) is 40.2 Å². The highest BCUT2D eigenvalue weighted by molar-refractivity contribution is 14.0. The highest BCUT2D eigenvalue weighted by Gasteiger charge is 2.21. The molecule has 2 heterocycles. The van der Waals surface area contributed by atoms with E-state index in [-0.39, 0.29) is 29.9 Å². The number of nitrogens with zero attached hydrogens (tertiary/aromatic N) is 4. The Kier molecular flexibility index (Phi) is 8.51. The molecule has 2 rings (SSSR count). The van der Waals surface area contributed by atoms with Crippen molar-refractivity contribution < 1.29 is 9.32 Å². The van der Waals surface area contributed by atoms with Crippen LogP contribution in [-0.4, -0.2) is 59.5 Å². The number of hydrogen-bond donors (Lipinski definition) is 1. The molecule has 0 atom stereocenters. The van der Waals surface area contributed by atoms with E-state index in [2.05, 4.69) is 34.2 Å². The Morgan fingerprint density at radius 3 is 2.46 bits per heavy atom. The third-order valence-corrected chi connectivity index (χ3v) is 3.91. The highest BCUT2D eigenvalue weighted by Crippen LogP contribution is 2.14. The van der Waals surface area contributed by atoms with Crippen molar-refractivity contribution in [2.75, 3.05) is 32.7 Å². The molecule has 1 saturated heterocycles. The van der Waals surface area contributed by atoms with Crippen LogP contribution in [-0.2, 0) is 11.3 Å². The Morgan fingerprint density at radius 2 is 1.96 bits per heavy atom. The van der Waals surface area contributed by atoms with Gasteiger partial charge in [-0.15, -0.1) is 24.0 Å². The fraction of sp³-hybridized carbons (Fsp3) is 0.688. The van der Waals surface area contributed by atoms with Gasteiger partial charge >= 0.3 is 0 Å². The molecule has 1 amide bonds. The molecule has 0 radical (unpaired) electrons. The summed E-state index contributed by atoms with van der Waals surface area (Å²) in [5.41, 5.74) is 0.954. The number of aromatic nitrogens is 1. The molecule has 0 unspecified atom stereocenters. The number of amides is 1. The minimum absolute atomic E-state index is 0. The first-order valence-electron chi connectivity index (χ1n) is 8.25. The molecule has 0 aliphatic carbocycles. The topological polar surface area (TPSA) is 74.0 Å². The third-order valence-electron chi connectivity index (χ3n) is 3.91. The van der Waals surface area contributed by atoms with Gasteiger partial charge in [0.25, 0.3) is 0 Å². The van der Waals surface area contributed by atoms with Gasteiger partial charge in [-0.25, -0.2) is 4.99 Å². The molecular formula is C16H28IN5O2. The molecule has 1 N–H and O–H groups in total. The lowest BCUT2D eigenvalue weighted by Crippen LogP contribution is -2.53. The summed E-state index contributed by atoms with van der Waals surface area (Å²) in [6.45, 7) is 12.2. The number of rotatable bonds is 4. The van der Waals surface area contributed by atoms with E-state index in [1.54, 1.807) is 6.92 Å². The minimum atomic E-state index is 0. The number of carbonyl (C=O) groups excluding carboxylic acids is 1. The summed E-state index contributed by atoms with van der Waals surface area (Å²) in [4.78, 5) is 20.1. The lowest BCUT2D eigenvalue weighted by Gasteiger charge is -2.36. The van der Waals surface area contributed by atoms with Crippen molar-refractivity contribution in [3.05, 3.63) is 17.5 Å². The Hall–Kier alpha value is -1.32. The van der Waals surface area contributed by atoms with Gasteiger partial charge in [0.1, 0.15) is 6.54 Å².